The van der Waals surface area contributed by atoms with Crippen molar-refractivity contribution in [2.24, 2.45) is 5.73 Å². The fourth-order valence-electron chi connectivity index (χ4n) is 1.59. The second-order valence-corrected chi connectivity index (χ2v) is 4.65. The van der Waals surface area contributed by atoms with E-state index in [4.69, 9.17) is 5.73 Å². The third kappa shape index (κ3) is 2.48. The Hall–Kier alpha value is -1.95. The summed E-state index contributed by atoms with van der Waals surface area (Å²) in [6.07, 6.45) is 0. The number of amides is 1. The van der Waals surface area contributed by atoms with Gasteiger partial charge in [-0.3, -0.25) is 4.79 Å². The number of carbonyl (C=O) groups is 1. The van der Waals surface area contributed by atoms with Gasteiger partial charge >= 0.3 is 0 Å². The summed E-state index contributed by atoms with van der Waals surface area (Å²) in [4.78, 5) is 16.2. The van der Waals surface area contributed by atoms with Crippen LogP contribution >= 0.6 is 11.3 Å². The molecule has 0 bridgehead atoms. The largest absolute Gasteiger partial charge is 0.368 e. The van der Waals surface area contributed by atoms with Crippen LogP contribution in [0.3, 0.4) is 0 Å². The lowest BCUT2D eigenvalue weighted by Crippen LogP contribution is -2.27. The zero-order valence-electron chi connectivity index (χ0n) is 9.68. The van der Waals surface area contributed by atoms with Crippen LogP contribution in [0.15, 0.2) is 29.8 Å². The molecular weight excluding hydrogens is 253 g/mol. The number of carbonyl (C=O) groups excluding carboxylic acids is 1. The van der Waals surface area contributed by atoms with E-state index in [0.717, 1.165) is 0 Å². The molecule has 0 aliphatic heterocycles. The van der Waals surface area contributed by atoms with Gasteiger partial charge in [0.2, 0.25) is 5.91 Å². The Labute approximate surface area is 108 Å². The van der Waals surface area contributed by atoms with Crippen molar-refractivity contribution in [1.29, 1.82) is 0 Å². The van der Waals surface area contributed by atoms with Gasteiger partial charge in [-0.2, -0.15) is 0 Å². The molecule has 0 radical (unpaired) electrons. The van der Waals surface area contributed by atoms with Gasteiger partial charge in [0, 0.05) is 0 Å². The number of primary amides is 1. The van der Waals surface area contributed by atoms with E-state index < -0.39 is 17.8 Å². The molecule has 1 atom stereocenters. The maximum atomic E-state index is 13.5. The minimum atomic E-state index is -0.769. The van der Waals surface area contributed by atoms with E-state index in [1.807, 2.05) is 0 Å². The normalized spacial score (nSPS) is 12.1. The van der Waals surface area contributed by atoms with Crippen molar-refractivity contribution in [2.75, 3.05) is 5.32 Å². The van der Waals surface area contributed by atoms with Gasteiger partial charge in [0.05, 0.1) is 21.8 Å². The standard InChI is InChI=1S/C12H12FN3OS/c1-7-11(18-6-15-7)10(12(14)17)16-9-5-3-2-4-8(9)13/h2-6,10,16H,1H3,(H2,14,17). The average Bonchev–Trinajstić information content (AvgIpc) is 2.74. The molecule has 1 heterocycles. The summed E-state index contributed by atoms with van der Waals surface area (Å²) in [7, 11) is 0. The number of aryl methyl sites for hydroxylation is 1. The van der Waals surface area contributed by atoms with Crippen LogP contribution in [0.4, 0.5) is 10.1 Å². The third-order valence-corrected chi connectivity index (χ3v) is 3.50. The molecule has 0 saturated carbocycles. The lowest BCUT2D eigenvalue weighted by atomic mass is 10.2. The Morgan fingerprint density at radius 3 is 2.78 bits per heavy atom. The predicted octanol–water partition coefficient (Wildman–Crippen LogP) is 2.23. The summed E-state index contributed by atoms with van der Waals surface area (Å²) in [6, 6.07) is 5.37. The van der Waals surface area contributed by atoms with Crippen molar-refractivity contribution >= 4 is 22.9 Å². The second kappa shape index (κ2) is 5.14. The minimum Gasteiger partial charge on any atom is -0.368 e. The van der Waals surface area contributed by atoms with E-state index in [2.05, 4.69) is 10.3 Å². The van der Waals surface area contributed by atoms with E-state index >= 15 is 0 Å². The molecular formula is C12H12FN3OS. The minimum absolute atomic E-state index is 0.245. The van der Waals surface area contributed by atoms with Crippen LogP contribution in [-0.2, 0) is 4.79 Å². The maximum Gasteiger partial charge on any atom is 0.245 e. The van der Waals surface area contributed by atoms with Crippen LogP contribution in [0.5, 0.6) is 0 Å². The van der Waals surface area contributed by atoms with E-state index in [1.54, 1.807) is 30.6 Å². The predicted molar refractivity (Wildman–Crippen MR) is 68.8 cm³/mol. The molecule has 1 aromatic carbocycles. The summed E-state index contributed by atoms with van der Waals surface area (Å²) < 4.78 is 13.5. The van der Waals surface area contributed by atoms with Gasteiger partial charge in [0.15, 0.2) is 0 Å². The first-order valence-corrected chi connectivity index (χ1v) is 6.18. The van der Waals surface area contributed by atoms with E-state index in [1.165, 1.54) is 17.4 Å². The summed E-state index contributed by atoms with van der Waals surface area (Å²) in [6.45, 7) is 1.78. The summed E-state index contributed by atoms with van der Waals surface area (Å²) in [5.74, 6) is -0.989. The van der Waals surface area contributed by atoms with Gasteiger partial charge in [0.1, 0.15) is 11.9 Å². The number of benzene rings is 1. The van der Waals surface area contributed by atoms with Crippen molar-refractivity contribution in [3.8, 4) is 0 Å². The zero-order valence-corrected chi connectivity index (χ0v) is 10.5. The van der Waals surface area contributed by atoms with Crippen molar-refractivity contribution in [3.05, 3.63) is 46.2 Å². The van der Waals surface area contributed by atoms with Gasteiger partial charge in [-0.1, -0.05) is 12.1 Å². The van der Waals surface area contributed by atoms with Crippen LogP contribution in [-0.4, -0.2) is 10.9 Å². The first kappa shape index (κ1) is 12.5. The highest BCUT2D eigenvalue weighted by Gasteiger charge is 2.22. The molecule has 0 fully saturated rings. The quantitative estimate of drug-likeness (QED) is 0.890. The molecule has 1 aromatic heterocycles. The van der Waals surface area contributed by atoms with E-state index in [9.17, 15) is 9.18 Å². The van der Waals surface area contributed by atoms with Crippen LogP contribution < -0.4 is 11.1 Å². The first-order chi connectivity index (χ1) is 8.59. The lowest BCUT2D eigenvalue weighted by molar-refractivity contribution is -0.118. The highest BCUT2D eigenvalue weighted by molar-refractivity contribution is 7.10. The fraction of sp³-hybridized carbons (Fsp3) is 0.167. The van der Waals surface area contributed by atoms with Gasteiger partial charge < -0.3 is 11.1 Å². The molecule has 4 nitrogen and oxygen atoms in total. The number of nitrogens with zero attached hydrogens (tertiary/aromatic N) is 1. The number of hydrogen-bond acceptors (Lipinski definition) is 4. The molecule has 1 unspecified atom stereocenters. The first-order valence-electron chi connectivity index (χ1n) is 5.30. The summed E-state index contributed by atoms with van der Waals surface area (Å²) >= 11 is 1.31. The number of rotatable bonds is 4. The summed E-state index contributed by atoms with van der Waals surface area (Å²) in [5, 5.41) is 2.81. The Morgan fingerprint density at radius 1 is 1.50 bits per heavy atom. The molecule has 6 heteroatoms. The number of nitrogens with two attached hydrogens (primary N) is 1. The number of nitrogens with one attached hydrogen (secondary N) is 1. The molecule has 3 N–H and O–H groups in total. The number of para-hydroxylation sites is 1. The van der Waals surface area contributed by atoms with Crippen LogP contribution in [0.1, 0.15) is 16.6 Å². The number of thiazole rings is 1. The average molecular weight is 265 g/mol. The molecule has 0 spiro atoms. The topological polar surface area (TPSA) is 68.0 Å². The van der Waals surface area contributed by atoms with Crippen molar-refractivity contribution in [3.63, 3.8) is 0 Å². The van der Waals surface area contributed by atoms with Crippen molar-refractivity contribution < 1.29 is 9.18 Å². The molecule has 2 aromatic rings. The molecule has 94 valence electrons. The molecule has 1 amide bonds. The van der Waals surface area contributed by atoms with Gasteiger partial charge in [-0.25, -0.2) is 9.37 Å². The Bertz CT molecular complexity index is 570. The van der Waals surface area contributed by atoms with Crippen LogP contribution in [0, 0.1) is 12.7 Å². The Balaban J connectivity index is 2.31. The molecule has 2 rings (SSSR count). The number of anilines is 1. The number of hydrogen-bond donors (Lipinski definition) is 2. The summed E-state index contributed by atoms with van der Waals surface area (Å²) in [5.41, 5.74) is 7.94. The second-order valence-electron chi connectivity index (χ2n) is 3.76. The fourth-order valence-corrected chi connectivity index (χ4v) is 2.45. The third-order valence-electron chi connectivity index (χ3n) is 2.50. The van der Waals surface area contributed by atoms with Gasteiger partial charge in [-0.05, 0) is 19.1 Å². The van der Waals surface area contributed by atoms with Gasteiger partial charge in [0.25, 0.3) is 0 Å². The highest BCUT2D eigenvalue weighted by Crippen LogP contribution is 2.26. The Morgan fingerprint density at radius 2 is 2.22 bits per heavy atom. The maximum absolute atomic E-state index is 13.5. The van der Waals surface area contributed by atoms with Crippen LogP contribution in [0.2, 0.25) is 0 Å². The molecule has 0 aliphatic carbocycles. The highest BCUT2D eigenvalue weighted by atomic mass is 32.1. The Kier molecular flexibility index (Phi) is 3.57. The smallest absolute Gasteiger partial charge is 0.245 e. The zero-order chi connectivity index (χ0) is 13.1. The van der Waals surface area contributed by atoms with Crippen molar-refractivity contribution in [2.45, 2.75) is 13.0 Å². The SMILES string of the molecule is Cc1ncsc1C(Nc1ccccc1F)C(N)=O. The number of aromatic nitrogens is 1. The van der Waals surface area contributed by atoms with Crippen molar-refractivity contribution in [1.82, 2.24) is 4.98 Å². The van der Waals surface area contributed by atoms with Crippen LogP contribution in [0.25, 0.3) is 0 Å². The molecule has 0 aliphatic rings. The lowest BCUT2D eigenvalue weighted by Gasteiger charge is -2.16. The molecule has 18 heavy (non-hydrogen) atoms. The van der Waals surface area contributed by atoms with E-state index in [0.29, 0.717) is 10.6 Å². The van der Waals surface area contributed by atoms with E-state index in [-0.39, 0.29) is 5.69 Å². The van der Waals surface area contributed by atoms with Gasteiger partial charge in [-0.15, -0.1) is 11.3 Å². The number of halogens is 1. The molecule has 0 saturated heterocycles. The monoisotopic (exact) mass is 265 g/mol.